The molecule has 2 rings (SSSR count). The van der Waals surface area contributed by atoms with Crippen molar-refractivity contribution in [2.45, 2.75) is 25.0 Å². The van der Waals surface area contributed by atoms with E-state index >= 15 is 0 Å². The number of aliphatic hydroxyl groups excluding tert-OH is 1. The molecule has 1 aliphatic heterocycles. The number of hydrogen-bond donors (Lipinski definition) is 1. The molecule has 1 aliphatic carbocycles. The zero-order chi connectivity index (χ0) is 6.97. The summed E-state index contributed by atoms with van der Waals surface area (Å²) < 4.78 is 10.3. The third kappa shape index (κ3) is 0.944. The Morgan fingerprint density at radius 1 is 1.30 bits per heavy atom. The minimum absolute atomic E-state index is 0.0637. The quantitative estimate of drug-likeness (QED) is 0.525. The van der Waals surface area contributed by atoms with Crippen molar-refractivity contribution in [3.63, 3.8) is 0 Å². The first-order chi connectivity index (χ1) is 4.88. The molecule has 3 heteroatoms. The van der Waals surface area contributed by atoms with Crippen molar-refractivity contribution in [3.05, 3.63) is 0 Å². The predicted molar refractivity (Wildman–Crippen MR) is 34.4 cm³/mol. The third-order valence-corrected chi connectivity index (χ3v) is 2.35. The molecule has 1 saturated heterocycles. The number of ether oxygens (including phenoxy) is 2. The summed E-state index contributed by atoms with van der Waals surface area (Å²) in [5.74, 6) is 0.448. The Kier molecular flexibility index (Phi) is 1.64. The lowest BCUT2D eigenvalue weighted by molar-refractivity contribution is -0.180. The smallest absolute Gasteiger partial charge is 0.147 e. The number of fused-ring (bicyclic) bond motifs is 1. The van der Waals surface area contributed by atoms with E-state index in [1.54, 1.807) is 0 Å². The van der Waals surface area contributed by atoms with Gasteiger partial charge in [-0.15, -0.1) is 0 Å². The van der Waals surface area contributed by atoms with Crippen LogP contribution < -0.4 is 0 Å². The Morgan fingerprint density at radius 2 is 2.20 bits per heavy atom. The fourth-order valence-electron chi connectivity index (χ4n) is 1.78. The van der Waals surface area contributed by atoms with Gasteiger partial charge in [-0.25, -0.2) is 0 Å². The van der Waals surface area contributed by atoms with Gasteiger partial charge in [-0.05, 0) is 12.8 Å². The van der Waals surface area contributed by atoms with Crippen molar-refractivity contribution in [3.8, 4) is 0 Å². The molecule has 2 aliphatic rings. The molecule has 2 fully saturated rings. The molecular weight excluding hydrogens is 132 g/mol. The van der Waals surface area contributed by atoms with Crippen molar-refractivity contribution in [2.75, 3.05) is 13.4 Å². The van der Waals surface area contributed by atoms with Gasteiger partial charge in [-0.3, -0.25) is 0 Å². The average molecular weight is 144 g/mol. The normalized spacial score (nSPS) is 47.1. The second-order valence-corrected chi connectivity index (χ2v) is 3.02. The maximum absolute atomic E-state index is 9.34. The van der Waals surface area contributed by atoms with Gasteiger partial charge in [0.1, 0.15) is 6.79 Å². The van der Waals surface area contributed by atoms with Crippen LogP contribution >= 0.6 is 0 Å². The minimum Gasteiger partial charge on any atom is -0.390 e. The maximum Gasteiger partial charge on any atom is 0.147 e. The van der Waals surface area contributed by atoms with Crippen LogP contribution in [-0.2, 0) is 9.47 Å². The Labute approximate surface area is 59.9 Å². The van der Waals surface area contributed by atoms with E-state index in [2.05, 4.69) is 0 Å². The summed E-state index contributed by atoms with van der Waals surface area (Å²) in [6, 6.07) is 0. The Bertz CT molecular complexity index is 124. The van der Waals surface area contributed by atoms with Gasteiger partial charge in [0, 0.05) is 5.92 Å². The van der Waals surface area contributed by atoms with Gasteiger partial charge in [-0.2, -0.15) is 0 Å². The lowest BCUT2D eigenvalue weighted by atomic mass is 10.1. The van der Waals surface area contributed by atoms with Crippen LogP contribution in [0.15, 0.2) is 0 Å². The SMILES string of the molecule is OC1CC[C@@H]2COCO[C@H]12. The fourth-order valence-corrected chi connectivity index (χ4v) is 1.78. The molecule has 0 spiro atoms. The van der Waals surface area contributed by atoms with Crippen LogP contribution in [0.1, 0.15) is 12.8 Å². The lowest BCUT2D eigenvalue weighted by Gasteiger charge is -2.27. The molecule has 0 aromatic heterocycles. The first-order valence-corrected chi connectivity index (χ1v) is 3.75. The Hall–Kier alpha value is -0.120. The second kappa shape index (κ2) is 2.49. The van der Waals surface area contributed by atoms with E-state index in [-0.39, 0.29) is 12.2 Å². The fraction of sp³-hybridized carbons (Fsp3) is 1.00. The highest BCUT2D eigenvalue weighted by atomic mass is 16.7. The summed E-state index contributed by atoms with van der Waals surface area (Å²) in [7, 11) is 0. The molecule has 3 atom stereocenters. The first kappa shape index (κ1) is 6.58. The maximum atomic E-state index is 9.34. The molecule has 0 aromatic carbocycles. The molecule has 58 valence electrons. The van der Waals surface area contributed by atoms with E-state index in [9.17, 15) is 5.11 Å². The van der Waals surface area contributed by atoms with Crippen molar-refractivity contribution < 1.29 is 14.6 Å². The van der Waals surface area contributed by atoms with Crippen LogP contribution in [0.25, 0.3) is 0 Å². The summed E-state index contributed by atoms with van der Waals surface area (Å²) in [4.78, 5) is 0. The summed E-state index contributed by atoms with van der Waals surface area (Å²) >= 11 is 0. The monoisotopic (exact) mass is 144 g/mol. The van der Waals surface area contributed by atoms with Crippen LogP contribution in [0, 0.1) is 5.92 Å². The number of aliphatic hydroxyl groups is 1. The predicted octanol–water partition coefficient (Wildman–Crippen LogP) is 0.130. The molecule has 1 unspecified atom stereocenters. The largest absolute Gasteiger partial charge is 0.390 e. The highest BCUT2D eigenvalue weighted by Gasteiger charge is 2.37. The van der Waals surface area contributed by atoms with Gasteiger partial charge in [-0.1, -0.05) is 0 Å². The van der Waals surface area contributed by atoms with Gasteiger partial charge in [0.2, 0.25) is 0 Å². The zero-order valence-corrected chi connectivity index (χ0v) is 5.82. The summed E-state index contributed by atoms with van der Waals surface area (Å²) in [6.45, 7) is 1.12. The second-order valence-electron chi connectivity index (χ2n) is 3.02. The highest BCUT2D eigenvalue weighted by Crippen LogP contribution is 2.31. The molecular formula is C7H12O3. The number of rotatable bonds is 0. The molecule has 1 N–H and O–H groups in total. The minimum atomic E-state index is -0.242. The molecule has 0 bridgehead atoms. The van der Waals surface area contributed by atoms with Crippen LogP contribution in [0.2, 0.25) is 0 Å². The third-order valence-electron chi connectivity index (χ3n) is 2.35. The molecule has 1 saturated carbocycles. The van der Waals surface area contributed by atoms with Crippen LogP contribution in [-0.4, -0.2) is 30.7 Å². The molecule has 0 aromatic rings. The van der Waals surface area contributed by atoms with Gasteiger partial charge in [0.25, 0.3) is 0 Å². The van der Waals surface area contributed by atoms with E-state index in [1.165, 1.54) is 0 Å². The lowest BCUT2D eigenvalue weighted by Crippen LogP contribution is -2.36. The summed E-state index contributed by atoms with van der Waals surface area (Å²) in [5.41, 5.74) is 0. The van der Waals surface area contributed by atoms with Crippen molar-refractivity contribution in [1.29, 1.82) is 0 Å². The van der Waals surface area contributed by atoms with Crippen molar-refractivity contribution >= 4 is 0 Å². The average Bonchev–Trinajstić information content (AvgIpc) is 2.34. The van der Waals surface area contributed by atoms with Crippen LogP contribution in [0.5, 0.6) is 0 Å². The van der Waals surface area contributed by atoms with Gasteiger partial charge in [0.05, 0.1) is 18.8 Å². The van der Waals surface area contributed by atoms with Crippen molar-refractivity contribution in [1.82, 2.24) is 0 Å². The van der Waals surface area contributed by atoms with E-state index < -0.39 is 0 Å². The molecule has 1 heterocycles. The van der Waals surface area contributed by atoms with E-state index in [4.69, 9.17) is 9.47 Å². The molecule has 10 heavy (non-hydrogen) atoms. The topological polar surface area (TPSA) is 38.7 Å². The first-order valence-electron chi connectivity index (χ1n) is 3.75. The van der Waals surface area contributed by atoms with E-state index in [1.807, 2.05) is 0 Å². The molecule has 0 radical (unpaired) electrons. The Morgan fingerprint density at radius 3 is 3.00 bits per heavy atom. The molecule has 0 amide bonds. The zero-order valence-electron chi connectivity index (χ0n) is 5.82. The highest BCUT2D eigenvalue weighted by molar-refractivity contribution is 4.86. The van der Waals surface area contributed by atoms with Gasteiger partial charge in [0.15, 0.2) is 0 Å². The van der Waals surface area contributed by atoms with Gasteiger partial charge < -0.3 is 14.6 Å². The van der Waals surface area contributed by atoms with Crippen molar-refractivity contribution in [2.24, 2.45) is 5.92 Å². The molecule has 3 nitrogen and oxygen atoms in total. The summed E-state index contributed by atoms with van der Waals surface area (Å²) in [6.07, 6.45) is 1.74. The number of hydrogen-bond acceptors (Lipinski definition) is 3. The summed E-state index contributed by atoms with van der Waals surface area (Å²) in [5, 5.41) is 9.34. The van der Waals surface area contributed by atoms with Crippen LogP contribution in [0.3, 0.4) is 0 Å². The van der Waals surface area contributed by atoms with E-state index in [0.717, 1.165) is 19.4 Å². The Balaban J connectivity index is 2.01. The van der Waals surface area contributed by atoms with Gasteiger partial charge >= 0.3 is 0 Å². The van der Waals surface area contributed by atoms with E-state index in [0.29, 0.717) is 12.7 Å². The standard InChI is InChI=1S/C7H12O3/c8-6-2-1-5-3-9-4-10-7(5)6/h5-8H,1-4H2/t5-,6?,7+/m1/s1. The van der Waals surface area contributed by atoms with Crippen LogP contribution in [0.4, 0.5) is 0 Å².